The molecule has 2 amide bonds. The van der Waals surface area contributed by atoms with E-state index in [1.807, 2.05) is 19.1 Å². The molecule has 0 aliphatic carbocycles. The van der Waals surface area contributed by atoms with Crippen LogP contribution < -0.4 is 9.47 Å². The summed E-state index contributed by atoms with van der Waals surface area (Å²) in [5, 5.41) is 0.369. The molecule has 1 saturated heterocycles. The van der Waals surface area contributed by atoms with Crippen molar-refractivity contribution in [1.29, 1.82) is 0 Å². The Kier molecular flexibility index (Phi) is 9.14. The molecule has 11 heteroatoms. The maximum absolute atomic E-state index is 12.8. The van der Waals surface area contributed by atoms with E-state index < -0.39 is 23.2 Å². The van der Waals surface area contributed by atoms with Crippen molar-refractivity contribution >= 4 is 80.7 Å². The van der Waals surface area contributed by atoms with Crippen molar-refractivity contribution in [2.24, 2.45) is 0 Å². The molecular formula is C23H20Cl2INO6S. The van der Waals surface area contributed by atoms with Crippen LogP contribution in [0.15, 0.2) is 35.2 Å². The molecule has 2 aromatic carbocycles. The number of thioether (sulfide) groups is 1. The number of hydrogen-bond acceptors (Lipinski definition) is 7. The average molecular weight is 636 g/mol. The van der Waals surface area contributed by atoms with Crippen molar-refractivity contribution in [2.45, 2.75) is 26.5 Å². The number of carbonyl (C=O) groups is 3. The van der Waals surface area contributed by atoms with E-state index in [2.05, 4.69) is 27.3 Å². The minimum absolute atomic E-state index is 0.198. The van der Waals surface area contributed by atoms with Gasteiger partial charge in [-0.1, -0.05) is 29.3 Å². The highest BCUT2D eigenvalue weighted by Crippen LogP contribution is 2.38. The summed E-state index contributed by atoms with van der Waals surface area (Å²) in [6.45, 7) is 3.94. The molecule has 0 saturated carbocycles. The Balaban J connectivity index is 1.86. The quantitative estimate of drug-likeness (QED) is 0.195. The summed E-state index contributed by atoms with van der Waals surface area (Å²) in [5.74, 6) is -0.193. The summed E-state index contributed by atoms with van der Waals surface area (Å²) in [4.78, 5) is 38.0. The lowest BCUT2D eigenvalue weighted by atomic mass is 10.1. The maximum atomic E-state index is 12.8. The Morgan fingerprint density at radius 2 is 1.91 bits per heavy atom. The standard InChI is InChI=1S/C23H20Cl2INO6S/c1-4-32-18-9-14(10-19-21(28)27(23(30)34-19)12(2)22(29)31-3)8-17(26)20(18)33-11-13-5-6-15(24)16(25)7-13/h5-10,12H,4,11H2,1-3H3/b19-10+/t12-/m1/s1. The molecule has 0 bridgehead atoms. The Hall–Kier alpha value is -1.95. The molecule has 0 radical (unpaired) electrons. The predicted molar refractivity (Wildman–Crippen MR) is 140 cm³/mol. The molecule has 1 heterocycles. The summed E-state index contributed by atoms with van der Waals surface area (Å²) in [6, 6.07) is 7.78. The van der Waals surface area contributed by atoms with Crippen LogP contribution >= 0.6 is 57.6 Å². The summed E-state index contributed by atoms with van der Waals surface area (Å²) in [5.41, 5.74) is 1.48. The van der Waals surface area contributed by atoms with E-state index in [4.69, 9.17) is 32.7 Å². The first-order chi connectivity index (χ1) is 16.2. The maximum Gasteiger partial charge on any atom is 0.328 e. The molecule has 1 aliphatic heterocycles. The van der Waals surface area contributed by atoms with Gasteiger partial charge in [-0.05, 0) is 89.7 Å². The number of imide groups is 1. The highest BCUT2D eigenvalue weighted by Gasteiger charge is 2.41. The second-order valence-corrected chi connectivity index (χ2v) is 10.0. The Morgan fingerprint density at radius 3 is 2.56 bits per heavy atom. The van der Waals surface area contributed by atoms with Crippen molar-refractivity contribution in [3.63, 3.8) is 0 Å². The van der Waals surface area contributed by atoms with Gasteiger partial charge in [0.1, 0.15) is 12.6 Å². The molecule has 3 rings (SSSR count). The minimum atomic E-state index is -1.01. The molecule has 2 aromatic rings. The topological polar surface area (TPSA) is 82.1 Å². The number of nitrogens with zero attached hydrogens (tertiary/aromatic N) is 1. The van der Waals surface area contributed by atoms with Crippen LogP contribution in [-0.2, 0) is 20.9 Å². The molecule has 0 aromatic heterocycles. The zero-order valence-electron chi connectivity index (χ0n) is 18.4. The summed E-state index contributed by atoms with van der Waals surface area (Å²) < 4.78 is 17.2. The number of methoxy groups -OCH3 is 1. The number of hydrogen-bond donors (Lipinski definition) is 0. The van der Waals surface area contributed by atoms with Crippen LogP contribution in [-0.4, -0.2) is 41.8 Å². The fourth-order valence-corrected chi connectivity index (χ4v) is 5.11. The first kappa shape index (κ1) is 26.7. The van der Waals surface area contributed by atoms with Gasteiger partial charge in [0, 0.05) is 0 Å². The smallest absolute Gasteiger partial charge is 0.328 e. The van der Waals surface area contributed by atoms with Gasteiger partial charge in [-0.2, -0.15) is 0 Å². The van der Waals surface area contributed by atoms with Crippen molar-refractivity contribution in [2.75, 3.05) is 13.7 Å². The first-order valence-electron chi connectivity index (χ1n) is 10.0. The molecule has 1 aliphatic rings. The van der Waals surface area contributed by atoms with Gasteiger partial charge in [0.25, 0.3) is 11.1 Å². The van der Waals surface area contributed by atoms with E-state index in [1.54, 1.807) is 24.3 Å². The average Bonchev–Trinajstić information content (AvgIpc) is 3.07. The number of halogens is 3. The van der Waals surface area contributed by atoms with E-state index in [-0.39, 0.29) is 11.5 Å². The second-order valence-electron chi connectivity index (χ2n) is 7.05. The lowest BCUT2D eigenvalue weighted by Crippen LogP contribution is -2.42. The molecule has 1 atom stereocenters. The van der Waals surface area contributed by atoms with Gasteiger partial charge >= 0.3 is 5.97 Å². The fourth-order valence-electron chi connectivity index (χ4n) is 3.10. The van der Waals surface area contributed by atoms with Crippen LogP contribution in [0.1, 0.15) is 25.0 Å². The van der Waals surface area contributed by atoms with Crippen LogP contribution in [0.4, 0.5) is 4.79 Å². The zero-order valence-corrected chi connectivity index (χ0v) is 22.9. The lowest BCUT2D eigenvalue weighted by Gasteiger charge is -2.18. The van der Waals surface area contributed by atoms with Gasteiger partial charge in [0.05, 0.1) is 32.2 Å². The van der Waals surface area contributed by atoms with Crippen LogP contribution in [0.5, 0.6) is 11.5 Å². The van der Waals surface area contributed by atoms with Gasteiger partial charge in [-0.3, -0.25) is 14.5 Å². The first-order valence-corrected chi connectivity index (χ1v) is 12.7. The van der Waals surface area contributed by atoms with Crippen LogP contribution in [0, 0.1) is 3.57 Å². The summed E-state index contributed by atoms with van der Waals surface area (Å²) in [6.07, 6.45) is 1.59. The Bertz CT molecular complexity index is 1170. The molecular weight excluding hydrogens is 616 g/mol. The molecule has 7 nitrogen and oxygen atoms in total. The normalized spacial score (nSPS) is 15.6. The predicted octanol–water partition coefficient (Wildman–Crippen LogP) is 6.17. The van der Waals surface area contributed by atoms with E-state index in [1.165, 1.54) is 14.0 Å². The Morgan fingerprint density at radius 1 is 1.18 bits per heavy atom. The number of esters is 1. The molecule has 0 unspecified atom stereocenters. The molecule has 0 spiro atoms. The van der Waals surface area contributed by atoms with E-state index in [0.717, 1.165) is 25.8 Å². The lowest BCUT2D eigenvalue weighted by molar-refractivity contribution is -0.148. The zero-order chi connectivity index (χ0) is 25.0. The summed E-state index contributed by atoms with van der Waals surface area (Å²) >= 11 is 14.9. The van der Waals surface area contributed by atoms with E-state index in [9.17, 15) is 14.4 Å². The van der Waals surface area contributed by atoms with Gasteiger partial charge in [-0.15, -0.1) is 0 Å². The minimum Gasteiger partial charge on any atom is -0.490 e. The van der Waals surface area contributed by atoms with Crippen molar-refractivity contribution in [1.82, 2.24) is 4.90 Å². The Labute approximate surface area is 224 Å². The van der Waals surface area contributed by atoms with Gasteiger partial charge in [0.2, 0.25) is 0 Å². The third-order valence-electron chi connectivity index (χ3n) is 4.75. The number of rotatable bonds is 8. The van der Waals surface area contributed by atoms with Gasteiger partial charge in [-0.25, -0.2) is 4.79 Å². The van der Waals surface area contributed by atoms with Crippen molar-refractivity contribution in [3.8, 4) is 11.5 Å². The van der Waals surface area contributed by atoms with Crippen molar-refractivity contribution < 1.29 is 28.6 Å². The molecule has 0 N–H and O–H groups in total. The molecule has 180 valence electrons. The number of benzene rings is 2. The van der Waals surface area contributed by atoms with Crippen LogP contribution in [0.3, 0.4) is 0 Å². The third-order valence-corrected chi connectivity index (χ3v) is 7.17. The second kappa shape index (κ2) is 11.7. The molecule has 34 heavy (non-hydrogen) atoms. The van der Waals surface area contributed by atoms with Gasteiger partial charge in [0.15, 0.2) is 11.5 Å². The molecule has 1 fully saturated rings. The van der Waals surface area contributed by atoms with E-state index >= 15 is 0 Å². The number of carbonyl (C=O) groups excluding carboxylic acids is 3. The third kappa shape index (κ3) is 5.99. The highest BCUT2D eigenvalue weighted by atomic mass is 127. The van der Waals surface area contributed by atoms with Crippen molar-refractivity contribution in [3.05, 3.63) is 60.0 Å². The van der Waals surface area contributed by atoms with E-state index in [0.29, 0.717) is 33.7 Å². The van der Waals surface area contributed by atoms with Crippen LogP contribution in [0.2, 0.25) is 10.0 Å². The SMILES string of the molecule is CCOc1cc(/C=C2/SC(=O)N([C@H](C)C(=O)OC)C2=O)cc(I)c1OCc1ccc(Cl)c(Cl)c1. The number of amides is 2. The van der Waals surface area contributed by atoms with Gasteiger partial charge < -0.3 is 14.2 Å². The fraction of sp³-hybridized carbons (Fsp3) is 0.261. The largest absolute Gasteiger partial charge is 0.490 e. The summed E-state index contributed by atoms with van der Waals surface area (Å²) in [7, 11) is 1.20. The number of ether oxygens (including phenoxy) is 3. The highest BCUT2D eigenvalue weighted by molar-refractivity contribution is 14.1. The monoisotopic (exact) mass is 635 g/mol. The van der Waals surface area contributed by atoms with Crippen LogP contribution in [0.25, 0.3) is 6.08 Å².